The van der Waals surface area contributed by atoms with Crippen LogP contribution in [0, 0.1) is 5.92 Å². The molecule has 1 aromatic carbocycles. The molecule has 0 aliphatic carbocycles. The van der Waals surface area contributed by atoms with Gasteiger partial charge in [0.25, 0.3) is 0 Å². The van der Waals surface area contributed by atoms with Crippen LogP contribution in [0.5, 0.6) is 0 Å². The van der Waals surface area contributed by atoms with E-state index in [2.05, 4.69) is 13.8 Å². The van der Waals surface area contributed by atoms with Crippen LogP contribution in [0.15, 0.2) is 30.3 Å². The molecule has 120 valence electrons. The maximum atomic E-state index is 5.21. The molecule has 0 bridgehead atoms. The highest BCUT2D eigenvalue weighted by Gasteiger charge is 1.96. The Morgan fingerprint density at radius 2 is 1.38 bits per heavy atom. The van der Waals surface area contributed by atoms with Crippen molar-refractivity contribution in [2.24, 2.45) is 5.92 Å². The first kappa shape index (κ1) is 18.2. The molecule has 0 unspecified atom stereocenters. The first-order chi connectivity index (χ1) is 10.3. The summed E-state index contributed by atoms with van der Waals surface area (Å²) in [4.78, 5) is 10.4. The van der Waals surface area contributed by atoms with Gasteiger partial charge in [0.2, 0.25) is 0 Å². The summed E-state index contributed by atoms with van der Waals surface area (Å²) in [5, 5.41) is 0. The van der Waals surface area contributed by atoms with Crippen LogP contribution in [0.2, 0.25) is 0 Å². The molecule has 0 fully saturated rings. The van der Waals surface area contributed by atoms with E-state index in [0.717, 1.165) is 17.9 Å². The van der Waals surface area contributed by atoms with Crippen molar-refractivity contribution < 1.29 is 9.78 Å². The maximum Gasteiger partial charge on any atom is 0.107 e. The summed E-state index contributed by atoms with van der Waals surface area (Å²) in [6.07, 6.45) is 10.6. The van der Waals surface area contributed by atoms with Gasteiger partial charge in [0.15, 0.2) is 0 Å². The van der Waals surface area contributed by atoms with Gasteiger partial charge in [-0.3, -0.25) is 0 Å². The van der Waals surface area contributed by atoms with Gasteiger partial charge in [-0.2, -0.15) is 0 Å². The van der Waals surface area contributed by atoms with E-state index in [9.17, 15) is 0 Å². The standard InChI is InChI=1S/C19H32O2/c1-18(2)13-9-6-4-3-5-7-12-16-20-21-17-19-14-10-8-11-15-19/h8,10-11,14-15,18H,3-7,9,12-13,16-17H2,1-2H3. The molecule has 0 aromatic heterocycles. The van der Waals surface area contributed by atoms with Gasteiger partial charge in [0.05, 0.1) is 6.61 Å². The van der Waals surface area contributed by atoms with E-state index in [4.69, 9.17) is 9.78 Å². The molecule has 1 aromatic rings. The molecule has 0 aliphatic heterocycles. The fourth-order valence-electron chi connectivity index (χ4n) is 2.34. The zero-order valence-electron chi connectivity index (χ0n) is 13.9. The third-order valence-electron chi connectivity index (χ3n) is 3.66. The first-order valence-corrected chi connectivity index (χ1v) is 8.57. The van der Waals surface area contributed by atoms with Crippen molar-refractivity contribution >= 4 is 0 Å². The Kier molecular flexibility index (Phi) is 11.1. The minimum Gasteiger partial charge on any atom is -0.236 e. The number of hydrogen-bond acceptors (Lipinski definition) is 2. The summed E-state index contributed by atoms with van der Waals surface area (Å²) in [5.74, 6) is 0.859. The van der Waals surface area contributed by atoms with Gasteiger partial charge < -0.3 is 0 Å². The molecular formula is C19H32O2. The minimum absolute atomic E-state index is 0.538. The zero-order chi connectivity index (χ0) is 15.2. The van der Waals surface area contributed by atoms with E-state index in [1.165, 1.54) is 44.9 Å². The third kappa shape index (κ3) is 11.5. The van der Waals surface area contributed by atoms with Crippen LogP contribution in [0.25, 0.3) is 0 Å². The molecule has 0 saturated carbocycles. The number of hydrogen-bond donors (Lipinski definition) is 0. The molecule has 0 N–H and O–H groups in total. The van der Waals surface area contributed by atoms with Crippen molar-refractivity contribution in [2.45, 2.75) is 71.8 Å². The smallest absolute Gasteiger partial charge is 0.107 e. The van der Waals surface area contributed by atoms with Gasteiger partial charge in [-0.15, -0.1) is 0 Å². The largest absolute Gasteiger partial charge is 0.236 e. The monoisotopic (exact) mass is 292 g/mol. The van der Waals surface area contributed by atoms with Crippen molar-refractivity contribution in [3.63, 3.8) is 0 Å². The second-order valence-electron chi connectivity index (χ2n) is 6.23. The fourth-order valence-corrected chi connectivity index (χ4v) is 2.34. The molecule has 0 radical (unpaired) electrons. The Balaban J connectivity index is 1.77. The van der Waals surface area contributed by atoms with Gasteiger partial charge in [0.1, 0.15) is 6.61 Å². The topological polar surface area (TPSA) is 18.5 Å². The lowest BCUT2D eigenvalue weighted by Crippen LogP contribution is -1.97. The molecule has 2 heteroatoms. The lowest BCUT2D eigenvalue weighted by Gasteiger charge is -2.05. The van der Waals surface area contributed by atoms with E-state index in [1.807, 2.05) is 30.3 Å². The Labute approximate surface area is 130 Å². The SMILES string of the molecule is CC(C)CCCCCCCCCOOCc1ccccc1. The van der Waals surface area contributed by atoms with Gasteiger partial charge >= 0.3 is 0 Å². The molecule has 0 spiro atoms. The predicted octanol–water partition coefficient (Wildman–Crippen LogP) is 5.91. The van der Waals surface area contributed by atoms with E-state index in [1.54, 1.807) is 0 Å². The van der Waals surface area contributed by atoms with Crippen LogP contribution in [0.4, 0.5) is 0 Å². The van der Waals surface area contributed by atoms with Crippen LogP contribution in [0.3, 0.4) is 0 Å². The highest BCUT2D eigenvalue weighted by Crippen LogP contribution is 2.12. The molecule has 21 heavy (non-hydrogen) atoms. The zero-order valence-corrected chi connectivity index (χ0v) is 13.9. The lowest BCUT2D eigenvalue weighted by atomic mass is 10.0. The average molecular weight is 292 g/mol. The highest BCUT2D eigenvalue weighted by atomic mass is 17.2. The Hall–Kier alpha value is -0.860. The number of rotatable bonds is 13. The molecule has 0 heterocycles. The van der Waals surface area contributed by atoms with Crippen molar-refractivity contribution in [3.05, 3.63) is 35.9 Å². The quantitative estimate of drug-likeness (QED) is 0.255. The van der Waals surface area contributed by atoms with Crippen molar-refractivity contribution in [3.8, 4) is 0 Å². The normalized spacial score (nSPS) is 11.2. The molecule has 0 aliphatic rings. The summed E-state index contributed by atoms with van der Waals surface area (Å²) in [7, 11) is 0. The summed E-state index contributed by atoms with van der Waals surface area (Å²) in [5.41, 5.74) is 1.15. The summed E-state index contributed by atoms with van der Waals surface area (Å²) in [6, 6.07) is 10.1. The van der Waals surface area contributed by atoms with Crippen LogP contribution in [-0.4, -0.2) is 6.61 Å². The van der Waals surface area contributed by atoms with Gasteiger partial charge in [-0.25, -0.2) is 9.78 Å². The third-order valence-corrected chi connectivity index (χ3v) is 3.66. The van der Waals surface area contributed by atoms with Crippen molar-refractivity contribution in [1.29, 1.82) is 0 Å². The maximum absolute atomic E-state index is 5.21. The molecular weight excluding hydrogens is 260 g/mol. The molecule has 0 amide bonds. The fraction of sp³-hybridized carbons (Fsp3) is 0.684. The van der Waals surface area contributed by atoms with E-state index >= 15 is 0 Å². The number of unbranched alkanes of at least 4 members (excludes halogenated alkanes) is 6. The Morgan fingerprint density at radius 1 is 0.762 bits per heavy atom. The van der Waals surface area contributed by atoms with E-state index < -0.39 is 0 Å². The first-order valence-electron chi connectivity index (χ1n) is 8.57. The van der Waals surface area contributed by atoms with Gasteiger partial charge in [0, 0.05) is 0 Å². The van der Waals surface area contributed by atoms with E-state index in [-0.39, 0.29) is 0 Å². The lowest BCUT2D eigenvalue weighted by molar-refractivity contribution is -0.304. The van der Waals surface area contributed by atoms with Crippen LogP contribution in [-0.2, 0) is 16.4 Å². The summed E-state index contributed by atoms with van der Waals surface area (Å²) >= 11 is 0. The van der Waals surface area contributed by atoms with Crippen molar-refractivity contribution in [2.75, 3.05) is 6.61 Å². The highest BCUT2D eigenvalue weighted by molar-refractivity contribution is 5.13. The second kappa shape index (κ2) is 12.8. The minimum atomic E-state index is 0.538. The van der Waals surface area contributed by atoms with Crippen LogP contribution < -0.4 is 0 Å². The Morgan fingerprint density at radius 3 is 2.05 bits per heavy atom. The van der Waals surface area contributed by atoms with Crippen LogP contribution >= 0.6 is 0 Å². The average Bonchev–Trinajstić information content (AvgIpc) is 2.49. The van der Waals surface area contributed by atoms with Gasteiger partial charge in [-0.1, -0.05) is 89.1 Å². The summed E-state index contributed by atoms with van der Waals surface area (Å²) in [6.45, 7) is 5.86. The molecule has 2 nitrogen and oxygen atoms in total. The summed E-state index contributed by atoms with van der Waals surface area (Å²) < 4.78 is 0. The van der Waals surface area contributed by atoms with Crippen molar-refractivity contribution in [1.82, 2.24) is 0 Å². The molecule has 0 saturated heterocycles. The predicted molar refractivity (Wildman–Crippen MR) is 89.0 cm³/mol. The van der Waals surface area contributed by atoms with Crippen LogP contribution in [0.1, 0.15) is 70.8 Å². The van der Waals surface area contributed by atoms with E-state index in [0.29, 0.717) is 13.2 Å². The Bertz CT molecular complexity index is 322. The molecule has 1 rings (SSSR count). The second-order valence-corrected chi connectivity index (χ2v) is 6.23. The van der Waals surface area contributed by atoms with Gasteiger partial charge in [-0.05, 0) is 17.9 Å². The number of benzene rings is 1. The molecule has 0 atom stereocenters.